The van der Waals surface area contributed by atoms with Crippen molar-refractivity contribution in [1.29, 1.82) is 0 Å². The molecule has 1 saturated heterocycles. The maximum absolute atomic E-state index is 13.7. The summed E-state index contributed by atoms with van der Waals surface area (Å²) in [6, 6.07) is 5.46. The zero-order chi connectivity index (χ0) is 29.1. The Kier molecular flexibility index (Phi) is 9.15. The van der Waals surface area contributed by atoms with Gasteiger partial charge >= 0.3 is 0 Å². The third-order valence-corrected chi connectivity index (χ3v) is 10.3. The van der Waals surface area contributed by atoms with Crippen molar-refractivity contribution in [2.75, 3.05) is 32.8 Å². The Morgan fingerprint density at radius 2 is 1.83 bits per heavy atom. The molecule has 5 rings (SSSR count). The standard InChI is InChI=1S/C30H44N6O4S/c1-5-8-9-10-11-22(6-2)29-31-21(4)27-30(37)32-28(33-36(27)29)25-20-24(14-15-26(25)40-7-3)41(38,39)35-18-16-34(17-19-35)23-12-13-23/h14-15,20,22-23H,5-13,16-19H2,1-4H3,(H,32,33,37). The number of aryl methyl sites for hydroxylation is 1. The minimum absolute atomic E-state index is 0.169. The molecule has 224 valence electrons. The van der Waals surface area contributed by atoms with Crippen LogP contribution in [0.2, 0.25) is 0 Å². The Labute approximate surface area is 243 Å². The minimum Gasteiger partial charge on any atom is -0.493 e. The molecule has 2 aromatic heterocycles. The van der Waals surface area contributed by atoms with Crippen molar-refractivity contribution in [3.05, 3.63) is 40.1 Å². The number of nitrogens with zero attached hydrogens (tertiary/aromatic N) is 5. The van der Waals surface area contributed by atoms with Crippen molar-refractivity contribution in [1.82, 2.24) is 28.8 Å². The van der Waals surface area contributed by atoms with Gasteiger partial charge in [0.05, 0.1) is 22.8 Å². The van der Waals surface area contributed by atoms with Crippen molar-refractivity contribution in [3.63, 3.8) is 0 Å². The van der Waals surface area contributed by atoms with Crippen LogP contribution < -0.4 is 10.3 Å². The average molecular weight is 585 g/mol. The molecule has 10 nitrogen and oxygen atoms in total. The number of hydrogen-bond donors (Lipinski definition) is 1. The lowest BCUT2D eigenvalue weighted by molar-refractivity contribution is 0.180. The van der Waals surface area contributed by atoms with E-state index >= 15 is 0 Å². The highest BCUT2D eigenvalue weighted by Gasteiger charge is 2.35. The van der Waals surface area contributed by atoms with Crippen LogP contribution in [0.5, 0.6) is 5.75 Å². The van der Waals surface area contributed by atoms with Gasteiger partial charge in [-0.05, 0) is 57.7 Å². The van der Waals surface area contributed by atoms with E-state index in [1.165, 1.54) is 32.1 Å². The Morgan fingerprint density at radius 3 is 2.49 bits per heavy atom. The summed E-state index contributed by atoms with van der Waals surface area (Å²) in [5.74, 6) is 1.68. The number of sulfonamides is 1. The number of H-pyrrole nitrogens is 1. The molecule has 1 N–H and O–H groups in total. The molecule has 11 heteroatoms. The molecule has 0 radical (unpaired) electrons. The van der Waals surface area contributed by atoms with Gasteiger partial charge in [0.15, 0.2) is 11.3 Å². The Morgan fingerprint density at radius 1 is 1.07 bits per heavy atom. The van der Waals surface area contributed by atoms with E-state index < -0.39 is 10.0 Å². The number of ether oxygens (including phenoxy) is 1. The fourth-order valence-electron chi connectivity index (χ4n) is 5.95. The summed E-state index contributed by atoms with van der Waals surface area (Å²) >= 11 is 0. The number of fused-ring (bicyclic) bond motifs is 1. The molecule has 2 fully saturated rings. The van der Waals surface area contributed by atoms with Crippen LogP contribution in [-0.2, 0) is 10.0 Å². The van der Waals surface area contributed by atoms with Gasteiger partial charge in [-0.15, -0.1) is 5.10 Å². The number of piperazine rings is 1. The number of imidazole rings is 1. The summed E-state index contributed by atoms with van der Waals surface area (Å²) in [6.07, 6.45) is 8.93. The second kappa shape index (κ2) is 12.6. The summed E-state index contributed by atoms with van der Waals surface area (Å²) in [5, 5.41) is 4.86. The molecule has 0 amide bonds. The molecule has 3 heterocycles. The van der Waals surface area contributed by atoms with Crippen LogP contribution in [0.4, 0.5) is 0 Å². The maximum Gasteiger partial charge on any atom is 0.277 e. The number of hydrogen-bond acceptors (Lipinski definition) is 7. The van der Waals surface area contributed by atoms with E-state index in [4.69, 9.17) is 14.8 Å². The smallest absolute Gasteiger partial charge is 0.277 e. The highest BCUT2D eigenvalue weighted by molar-refractivity contribution is 7.89. The normalized spacial score (nSPS) is 17.8. The largest absolute Gasteiger partial charge is 0.493 e. The number of nitrogens with one attached hydrogen (secondary N) is 1. The van der Waals surface area contributed by atoms with Crippen molar-refractivity contribution in [2.24, 2.45) is 0 Å². The fraction of sp³-hybridized carbons (Fsp3) is 0.633. The average Bonchev–Trinajstić information content (AvgIpc) is 3.77. The van der Waals surface area contributed by atoms with Gasteiger partial charge in [0.1, 0.15) is 11.6 Å². The third kappa shape index (κ3) is 6.22. The lowest BCUT2D eigenvalue weighted by Crippen LogP contribution is -2.49. The first kappa shape index (κ1) is 29.7. The lowest BCUT2D eigenvalue weighted by atomic mass is 9.97. The van der Waals surface area contributed by atoms with Crippen molar-refractivity contribution >= 4 is 15.5 Å². The first-order valence-electron chi connectivity index (χ1n) is 15.3. The van der Waals surface area contributed by atoms with Gasteiger partial charge in [-0.25, -0.2) is 17.9 Å². The SMILES string of the molecule is CCCCCCC(CC)c1nc(C)c2c(=O)[nH]c(-c3cc(S(=O)(=O)N4CCN(C5CC5)CC4)ccc3OCC)nn12. The molecule has 0 bridgehead atoms. The molecule has 1 aliphatic carbocycles. The van der Waals surface area contributed by atoms with Crippen molar-refractivity contribution in [3.8, 4) is 17.1 Å². The predicted octanol–water partition coefficient (Wildman–Crippen LogP) is 4.72. The van der Waals surface area contributed by atoms with Gasteiger partial charge in [0.2, 0.25) is 10.0 Å². The van der Waals surface area contributed by atoms with E-state index in [1.54, 1.807) is 27.0 Å². The van der Waals surface area contributed by atoms with Crippen molar-refractivity contribution < 1.29 is 13.2 Å². The van der Waals surface area contributed by atoms with Crippen molar-refractivity contribution in [2.45, 2.75) is 95.9 Å². The molecule has 41 heavy (non-hydrogen) atoms. The summed E-state index contributed by atoms with van der Waals surface area (Å²) in [4.78, 5) is 23.6. The highest BCUT2D eigenvalue weighted by Crippen LogP contribution is 2.33. The summed E-state index contributed by atoms with van der Waals surface area (Å²) in [5.41, 5.74) is 1.20. The van der Waals surface area contributed by atoms with Gasteiger partial charge in [0.25, 0.3) is 5.56 Å². The van der Waals surface area contributed by atoms with E-state index in [-0.39, 0.29) is 22.2 Å². The van der Waals surface area contributed by atoms with Crippen LogP contribution in [0.15, 0.2) is 27.9 Å². The quantitative estimate of drug-likeness (QED) is 0.289. The Hall–Kier alpha value is -2.76. The zero-order valence-corrected chi connectivity index (χ0v) is 25.7. The topological polar surface area (TPSA) is 113 Å². The minimum atomic E-state index is -3.73. The van der Waals surface area contributed by atoms with E-state index in [9.17, 15) is 13.2 Å². The molecule has 1 unspecified atom stereocenters. The monoisotopic (exact) mass is 584 g/mol. The zero-order valence-electron chi connectivity index (χ0n) is 24.9. The Bertz CT molecular complexity index is 1520. The number of rotatable bonds is 13. The van der Waals surface area contributed by atoms with Gasteiger partial charge < -0.3 is 9.72 Å². The van der Waals surface area contributed by atoms with Crippen LogP contribution >= 0.6 is 0 Å². The van der Waals surface area contributed by atoms with Gasteiger partial charge in [-0.1, -0.05) is 39.5 Å². The summed E-state index contributed by atoms with van der Waals surface area (Å²) in [7, 11) is -3.73. The highest BCUT2D eigenvalue weighted by atomic mass is 32.2. The molecule has 2 aliphatic rings. The predicted molar refractivity (Wildman–Crippen MR) is 160 cm³/mol. The molecule has 1 atom stereocenters. The van der Waals surface area contributed by atoms with Crippen LogP contribution in [0.1, 0.15) is 89.6 Å². The van der Waals surface area contributed by atoms with E-state index in [2.05, 4.69) is 23.7 Å². The second-order valence-electron chi connectivity index (χ2n) is 11.3. The van der Waals surface area contributed by atoms with E-state index in [0.29, 0.717) is 48.3 Å². The number of unbranched alkanes of at least 4 members (excludes halogenated alkanes) is 3. The first-order valence-corrected chi connectivity index (χ1v) is 16.7. The molecule has 1 aliphatic heterocycles. The first-order chi connectivity index (χ1) is 19.8. The molecule has 3 aromatic rings. The molecular formula is C30H44N6O4S. The fourth-order valence-corrected chi connectivity index (χ4v) is 7.39. The van der Waals surface area contributed by atoms with E-state index in [1.807, 2.05) is 13.8 Å². The second-order valence-corrected chi connectivity index (χ2v) is 13.3. The maximum atomic E-state index is 13.7. The number of aromatic nitrogens is 4. The molecule has 0 spiro atoms. The third-order valence-electron chi connectivity index (χ3n) is 8.45. The molecular weight excluding hydrogens is 540 g/mol. The van der Waals surface area contributed by atoms with Crippen LogP contribution in [-0.4, -0.2) is 76.0 Å². The lowest BCUT2D eigenvalue weighted by Gasteiger charge is -2.34. The summed E-state index contributed by atoms with van der Waals surface area (Å²) < 4.78 is 36.5. The number of benzene rings is 1. The van der Waals surface area contributed by atoms with E-state index in [0.717, 1.165) is 38.2 Å². The van der Waals surface area contributed by atoms with Gasteiger partial charge in [-0.3, -0.25) is 9.69 Å². The van der Waals surface area contributed by atoms with Gasteiger partial charge in [-0.2, -0.15) is 4.31 Å². The van der Waals surface area contributed by atoms with Crippen LogP contribution in [0, 0.1) is 6.92 Å². The molecule has 1 aromatic carbocycles. The summed E-state index contributed by atoms with van der Waals surface area (Å²) in [6.45, 7) is 10.9. The van der Waals surface area contributed by atoms with Crippen LogP contribution in [0.3, 0.4) is 0 Å². The Balaban J connectivity index is 1.52. The molecule has 1 saturated carbocycles. The number of aromatic amines is 1. The van der Waals surface area contributed by atoms with Gasteiger partial charge in [0, 0.05) is 38.1 Å². The van der Waals surface area contributed by atoms with Crippen LogP contribution in [0.25, 0.3) is 16.9 Å².